The van der Waals surface area contributed by atoms with Gasteiger partial charge in [-0.3, -0.25) is 9.69 Å². The molecule has 1 aliphatic heterocycles. The van der Waals surface area contributed by atoms with Gasteiger partial charge < -0.3 is 10.6 Å². The maximum atomic E-state index is 12.7. The first-order valence-electron chi connectivity index (χ1n) is 6.96. The van der Waals surface area contributed by atoms with Crippen molar-refractivity contribution in [2.75, 3.05) is 38.0 Å². The van der Waals surface area contributed by atoms with Gasteiger partial charge in [-0.1, -0.05) is 11.6 Å². The quantitative estimate of drug-likeness (QED) is 0.892. The average Bonchev–Trinajstić information content (AvgIpc) is 2.68. The van der Waals surface area contributed by atoms with Gasteiger partial charge in [0, 0.05) is 13.1 Å². The van der Waals surface area contributed by atoms with Gasteiger partial charge in [-0.15, -0.1) is 0 Å². The molecule has 122 valence electrons. The molecule has 1 aromatic carbocycles. The van der Waals surface area contributed by atoms with Crippen LogP contribution < -0.4 is 10.6 Å². The Morgan fingerprint density at radius 3 is 2.82 bits per heavy atom. The number of nitrogens with one attached hydrogen (secondary N) is 2. The van der Waals surface area contributed by atoms with Gasteiger partial charge in [-0.2, -0.15) is 13.2 Å². The summed E-state index contributed by atoms with van der Waals surface area (Å²) in [6, 6.07) is 2.87. The third-order valence-electron chi connectivity index (χ3n) is 3.37. The topological polar surface area (TPSA) is 44.4 Å². The second-order valence-corrected chi connectivity index (χ2v) is 5.53. The molecule has 2 N–H and O–H groups in total. The van der Waals surface area contributed by atoms with Crippen molar-refractivity contribution in [3.63, 3.8) is 0 Å². The molecule has 0 bridgehead atoms. The zero-order chi connectivity index (χ0) is 16.2. The van der Waals surface area contributed by atoms with E-state index in [2.05, 4.69) is 10.6 Å². The Morgan fingerprint density at radius 1 is 1.32 bits per heavy atom. The molecular weight excluding hydrogens is 319 g/mol. The lowest BCUT2D eigenvalue weighted by atomic mass is 10.2. The summed E-state index contributed by atoms with van der Waals surface area (Å²) in [5.74, 6) is -0.372. The Kier molecular flexibility index (Phi) is 5.66. The molecule has 1 saturated heterocycles. The first-order chi connectivity index (χ1) is 10.4. The number of alkyl halides is 3. The molecule has 0 radical (unpaired) electrons. The fourth-order valence-corrected chi connectivity index (χ4v) is 2.41. The molecule has 1 fully saturated rings. The number of carbonyl (C=O) groups is 1. The highest BCUT2D eigenvalue weighted by Crippen LogP contribution is 2.33. The maximum absolute atomic E-state index is 12.7. The summed E-state index contributed by atoms with van der Waals surface area (Å²) in [4.78, 5) is 13.9. The van der Waals surface area contributed by atoms with Crippen LogP contribution in [0.1, 0.15) is 12.0 Å². The van der Waals surface area contributed by atoms with Crippen molar-refractivity contribution in [1.29, 1.82) is 0 Å². The zero-order valence-corrected chi connectivity index (χ0v) is 12.6. The zero-order valence-electron chi connectivity index (χ0n) is 11.8. The lowest BCUT2D eigenvalue weighted by Gasteiger charge is -2.19. The molecule has 1 aromatic rings. The van der Waals surface area contributed by atoms with E-state index in [-0.39, 0.29) is 23.2 Å². The standard InChI is InChI=1S/C14H17ClF3N3O/c15-11-3-2-10(14(16,17)18)8-12(11)20-13(22)9-21-6-1-4-19-5-7-21/h2-3,8,19H,1,4-7,9H2,(H,20,22). The van der Waals surface area contributed by atoms with Gasteiger partial charge in [-0.25, -0.2) is 0 Å². The molecule has 22 heavy (non-hydrogen) atoms. The first kappa shape index (κ1) is 17.1. The minimum atomic E-state index is -4.47. The van der Waals surface area contributed by atoms with E-state index in [1.165, 1.54) is 0 Å². The number of halogens is 4. The molecule has 0 saturated carbocycles. The highest BCUT2D eigenvalue weighted by Gasteiger charge is 2.31. The SMILES string of the molecule is O=C(CN1CCCNCC1)Nc1cc(C(F)(F)F)ccc1Cl. The van der Waals surface area contributed by atoms with Crippen LogP contribution >= 0.6 is 11.6 Å². The van der Waals surface area contributed by atoms with E-state index >= 15 is 0 Å². The van der Waals surface area contributed by atoms with Crippen LogP contribution in [0.3, 0.4) is 0 Å². The highest BCUT2D eigenvalue weighted by atomic mass is 35.5. The lowest BCUT2D eigenvalue weighted by molar-refractivity contribution is -0.137. The van der Waals surface area contributed by atoms with E-state index in [0.717, 1.165) is 50.8 Å². The van der Waals surface area contributed by atoms with Gasteiger partial charge in [0.25, 0.3) is 0 Å². The number of hydrogen-bond acceptors (Lipinski definition) is 3. The second-order valence-electron chi connectivity index (χ2n) is 5.12. The van der Waals surface area contributed by atoms with Crippen LogP contribution in [0.4, 0.5) is 18.9 Å². The van der Waals surface area contributed by atoms with Gasteiger partial charge in [0.1, 0.15) is 0 Å². The highest BCUT2D eigenvalue weighted by molar-refractivity contribution is 6.33. The smallest absolute Gasteiger partial charge is 0.324 e. The predicted molar refractivity (Wildman–Crippen MR) is 79.0 cm³/mol. The molecule has 0 aliphatic carbocycles. The van der Waals surface area contributed by atoms with Gasteiger partial charge >= 0.3 is 6.18 Å². The van der Waals surface area contributed by atoms with Crippen molar-refractivity contribution in [1.82, 2.24) is 10.2 Å². The Morgan fingerprint density at radius 2 is 2.09 bits per heavy atom. The Bertz CT molecular complexity index is 529. The largest absolute Gasteiger partial charge is 0.416 e. The Labute approximate surface area is 131 Å². The third-order valence-corrected chi connectivity index (χ3v) is 3.70. The summed E-state index contributed by atoms with van der Waals surface area (Å²) < 4.78 is 38.1. The van der Waals surface area contributed by atoms with Gasteiger partial charge in [-0.05, 0) is 37.7 Å². The van der Waals surface area contributed by atoms with E-state index in [4.69, 9.17) is 11.6 Å². The van der Waals surface area contributed by atoms with Crippen LogP contribution in [-0.2, 0) is 11.0 Å². The Balaban J connectivity index is 2.01. The molecule has 2 rings (SSSR count). The monoisotopic (exact) mass is 335 g/mol. The minimum absolute atomic E-state index is 0.0190. The van der Waals surface area contributed by atoms with Crippen molar-refractivity contribution in [3.8, 4) is 0 Å². The average molecular weight is 336 g/mol. The Hall–Kier alpha value is -1.31. The van der Waals surface area contributed by atoms with E-state index in [9.17, 15) is 18.0 Å². The molecule has 0 unspecified atom stereocenters. The molecule has 0 spiro atoms. The summed E-state index contributed by atoms with van der Waals surface area (Å²) in [7, 11) is 0. The summed E-state index contributed by atoms with van der Waals surface area (Å²) in [6.45, 7) is 3.32. The van der Waals surface area contributed by atoms with Crippen LogP contribution in [0.25, 0.3) is 0 Å². The molecular formula is C14H17ClF3N3O. The second kappa shape index (κ2) is 7.30. The number of amides is 1. The van der Waals surface area contributed by atoms with Crippen molar-refractivity contribution in [3.05, 3.63) is 28.8 Å². The van der Waals surface area contributed by atoms with Crippen LogP contribution in [-0.4, -0.2) is 43.5 Å². The maximum Gasteiger partial charge on any atom is 0.416 e. The van der Waals surface area contributed by atoms with Crippen molar-refractivity contribution < 1.29 is 18.0 Å². The summed E-state index contributed by atoms with van der Waals surface area (Å²) in [5.41, 5.74) is -0.861. The van der Waals surface area contributed by atoms with Crippen molar-refractivity contribution in [2.45, 2.75) is 12.6 Å². The third kappa shape index (κ3) is 4.86. The van der Waals surface area contributed by atoms with Crippen LogP contribution in [0, 0.1) is 0 Å². The van der Waals surface area contributed by atoms with Crippen LogP contribution in [0.5, 0.6) is 0 Å². The predicted octanol–water partition coefficient (Wildman–Crippen LogP) is 2.59. The summed E-state index contributed by atoms with van der Waals surface area (Å²) >= 11 is 5.85. The van der Waals surface area contributed by atoms with E-state index in [0.29, 0.717) is 0 Å². The number of benzene rings is 1. The summed E-state index contributed by atoms with van der Waals surface area (Å²) in [6.07, 6.45) is -3.54. The lowest BCUT2D eigenvalue weighted by Crippen LogP contribution is -2.35. The minimum Gasteiger partial charge on any atom is -0.324 e. The van der Waals surface area contributed by atoms with E-state index in [1.807, 2.05) is 4.90 Å². The number of nitrogens with zero attached hydrogens (tertiary/aromatic N) is 1. The van der Waals surface area contributed by atoms with Gasteiger partial charge in [0.2, 0.25) is 5.91 Å². The van der Waals surface area contributed by atoms with Gasteiger partial charge in [0.15, 0.2) is 0 Å². The van der Waals surface area contributed by atoms with Crippen LogP contribution in [0.15, 0.2) is 18.2 Å². The fraction of sp³-hybridized carbons (Fsp3) is 0.500. The molecule has 0 aromatic heterocycles. The van der Waals surface area contributed by atoms with E-state index < -0.39 is 11.7 Å². The number of anilines is 1. The molecule has 1 heterocycles. The van der Waals surface area contributed by atoms with Gasteiger partial charge in [0.05, 0.1) is 22.8 Å². The fourth-order valence-electron chi connectivity index (χ4n) is 2.25. The normalized spacial score (nSPS) is 17.1. The molecule has 1 amide bonds. The van der Waals surface area contributed by atoms with Crippen molar-refractivity contribution in [2.24, 2.45) is 0 Å². The number of rotatable bonds is 3. The number of hydrogen-bond donors (Lipinski definition) is 2. The first-order valence-corrected chi connectivity index (χ1v) is 7.34. The molecule has 4 nitrogen and oxygen atoms in total. The number of carbonyl (C=O) groups excluding carboxylic acids is 1. The molecule has 0 atom stereocenters. The molecule has 8 heteroatoms. The van der Waals surface area contributed by atoms with Crippen molar-refractivity contribution >= 4 is 23.2 Å². The molecule has 1 aliphatic rings. The van der Waals surface area contributed by atoms with E-state index in [1.54, 1.807) is 0 Å². The van der Waals surface area contributed by atoms with Crippen LogP contribution in [0.2, 0.25) is 5.02 Å². The summed E-state index contributed by atoms with van der Waals surface area (Å²) in [5, 5.41) is 5.75.